The maximum atomic E-state index is 11.9. The molecule has 0 N–H and O–H groups in total. The fraction of sp³-hybridized carbons (Fsp3) is 0.0833. The lowest BCUT2D eigenvalue weighted by molar-refractivity contribution is -0.384. The molecular weight excluding hydrogens is 286 g/mol. The first-order chi connectivity index (χ1) is 9.08. The molecule has 2 aromatic rings. The van der Waals surface area contributed by atoms with Crippen molar-refractivity contribution >= 4 is 33.6 Å². The van der Waals surface area contributed by atoms with Crippen LogP contribution in [0.2, 0.25) is 0 Å². The Labute approximate surface area is 115 Å². The molecule has 0 aliphatic rings. The molecule has 0 aliphatic heterocycles. The predicted molar refractivity (Wildman–Crippen MR) is 73.0 cm³/mol. The normalized spacial score (nSPS) is 12.0. The van der Waals surface area contributed by atoms with Crippen LogP contribution >= 0.6 is 11.3 Å². The molecule has 1 aromatic carbocycles. The molecule has 7 heteroatoms. The number of rotatable bonds is 5. The average molecular weight is 295 g/mol. The van der Waals surface area contributed by atoms with Crippen molar-refractivity contribution in [1.82, 2.24) is 0 Å². The lowest BCUT2D eigenvalue weighted by Crippen LogP contribution is -2.10. The van der Waals surface area contributed by atoms with E-state index in [2.05, 4.69) is 0 Å². The molecular formula is C12H9NO4S2. The average Bonchev–Trinajstić information content (AvgIpc) is 2.92. The van der Waals surface area contributed by atoms with E-state index in [1.54, 1.807) is 17.5 Å². The molecule has 98 valence electrons. The molecule has 0 saturated carbocycles. The van der Waals surface area contributed by atoms with Gasteiger partial charge in [0.1, 0.15) is 0 Å². The van der Waals surface area contributed by atoms with Gasteiger partial charge < -0.3 is 0 Å². The minimum Gasteiger partial charge on any atom is -0.293 e. The van der Waals surface area contributed by atoms with Crippen molar-refractivity contribution in [2.24, 2.45) is 0 Å². The topological polar surface area (TPSA) is 77.3 Å². The highest BCUT2D eigenvalue weighted by atomic mass is 32.2. The minimum atomic E-state index is -1.36. The number of nitro benzene ring substituents is 1. The third kappa shape index (κ3) is 3.33. The van der Waals surface area contributed by atoms with Crippen molar-refractivity contribution in [3.63, 3.8) is 0 Å². The minimum absolute atomic E-state index is 0.0732. The summed E-state index contributed by atoms with van der Waals surface area (Å²) in [4.78, 5) is 21.8. The van der Waals surface area contributed by atoms with Gasteiger partial charge in [-0.2, -0.15) is 0 Å². The molecule has 1 atom stereocenters. The summed E-state index contributed by atoms with van der Waals surface area (Å²) in [6.07, 6.45) is 0. The molecule has 0 aliphatic carbocycles. The van der Waals surface area contributed by atoms with Crippen molar-refractivity contribution in [3.8, 4) is 0 Å². The van der Waals surface area contributed by atoms with Crippen molar-refractivity contribution in [2.45, 2.75) is 4.21 Å². The van der Waals surface area contributed by atoms with E-state index < -0.39 is 15.7 Å². The molecule has 5 nitrogen and oxygen atoms in total. The van der Waals surface area contributed by atoms with E-state index in [0.717, 1.165) is 0 Å². The summed E-state index contributed by atoms with van der Waals surface area (Å²) < 4.78 is 12.5. The Bertz CT molecular complexity index is 620. The van der Waals surface area contributed by atoms with Crippen molar-refractivity contribution < 1.29 is 13.9 Å². The number of carbonyl (C=O) groups excluding carboxylic acids is 1. The fourth-order valence-corrected chi connectivity index (χ4v) is 3.43. The highest BCUT2D eigenvalue weighted by molar-refractivity contribution is 7.88. The second-order valence-corrected chi connectivity index (χ2v) is 6.27. The Balaban J connectivity index is 2.08. The number of hydrogen-bond donors (Lipinski definition) is 0. The molecule has 0 amide bonds. The molecule has 1 heterocycles. The SMILES string of the molecule is O=C(CS(=O)c1cccs1)c1ccc([N+](=O)[O-])cc1. The number of thiophene rings is 1. The van der Waals surface area contributed by atoms with Crippen LogP contribution in [0.25, 0.3) is 0 Å². The van der Waals surface area contributed by atoms with Crippen LogP contribution in [0.5, 0.6) is 0 Å². The van der Waals surface area contributed by atoms with Gasteiger partial charge >= 0.3 is 0 Å². The van der Waals surface area contributed by atoms with Crippen molar-refractivity contribution in [2.75, 3.05) is 5.75 Å². The number of hydrogen-bond acceptors (Lipinski definition) is 5. The van der Waals surface area contributed by atoms with Crippen LogP contribution in [0.4, 0.5) is 5.69 Å². The standard InChI is InChI=1S/C12H9NO4S2/c14-11(8-19(17)12-2-1-7-18-12)9-3-5-10(6-4-9)13(15)16/h1-7H,8H2. The predicted octanol–water partition coefficient (Wildman–Crippen LogP) is 2.65. The molecule has 0 bridgehead atoms. The van der Waals surface area contributed by atoms with E-state index in [4.69, 9.17) is 0 Å². The van der Waals surface area contributed by atoms with Gasteiger partial charge in [-0.3, -0.25) is 19.1 Å². The van der Waals surface area contributed by atoms with Gasteiger partial charge in [0, 0.05) is 17.7 Å². The lowest BCUT2D eigenvalue weighted by Gasteiger charge is -2.00. The van der Waals surface area contributed by atoms with Crippen LogP contribution in [0, 0.1) is 10.1 Å². The van der Waals surface area contributed by atoms with Crippen LogP contribution in [-0.4, -0.2) is 20.7 Å². The smallest absolute Gasteiger partial charge is 0.269 e. The van der Waals surface area contributed by atoms with Crippen molar-refractivity contribution in [3.05, 3.63) is 57.5 Å². The Morgan fingerprint density at radius 2 is 1.95 bits per heavy atom. The van der Waals surface area contributed by atoms with E-state index in [0.29, 0.717) is 9.77 Å². The molecule has 1 unspecified atom stereocenters. The summed E-state index contributed by atoms with van der Waals surface area (Å²) in [5.74, 6) is -0.403. The maximum Gasteiger partial charge on any atom is 0.269 e. The quantitative estimate of drug-likeness (QED) is 0.482. The molecule has 2 rings (SSSR count). The Morgan fingerprint density at radius 3 is 2.47 bits per heavy atom. The second-order valence-electron chi connectivity index (χ2n) is 3.65. The summed E-state index contributed by atoms with van der Waals surface area (Å²) >= 11 is 1.33. The first-order valence-corrected chi connectivity index (χ1v) is 7.47. The monoisotopic (exact) mass is 295 g/mol. The van der Waals surface area contributed by atoms with E-state index >= 15 is 0 Å². The highest BCUT2D eigenvalue weighted by Crippen LogP contribution is 2.16. The van der Waals surface area contributed by atoms with Gasteiger partial charge in [0.05, 0.1) is 25.7 Å². The van der Waals surface area contributed by atoms with Gasteiger partial charge in [-0.05, 0) is 23.6 Å². The van der Waals surface area contributed by atoms with Gasteiger partial charge in [0.25, 0.3) is 5.69 Å². The van der Waals surface area contributed by atoms with Crippen LogP contribution in [0.3, 0.4) is 0 Å². The number of benzene rings is 1. The van der Waals surface area contributed by atoms with Crippen LogP contribution in [-0.2, 0) is 10.8 Å². The number of ketones is 1. The van der Waals surface area contributed by atoms with Gasteiger partial charge in [-0.1, -0.05) is 6.07 Å². The summed E-state index contributed by atoms with van der Waals surface area (Å²) in [7, 11) is -1.36. The molecule has 0 radical (unpaired) electrons. The third-order valence-electron chi connectivity index (χ3n) is 2.38. The van der Waals surface area contributed by atoms with E-state index in [9.17, 15) is 19.1 Å². The maximum absolute atomic E-state index is 11.9. The zero-order chi connectivity index (χ0) is 13.8. The molecule has 1 aromatic heterocycles. The zero-order valence-corrected chi connectivity index (χ0v) is 11.3. The molecule has 19 heavy (non-hydrogen) atoms. The summed E-state index contributed by atoms with van der Waals surface area (Å²) in [6.45, 7) is 0. The number of carbonyl (C=O) groups is 1. The van der Waals surface area contributed by atoms with E-state index in [-0.39, 0.29) is 17.2 Å². The molecule has 0 spiro atoms. The fourth-order valence-electron chi connectivity index (χ4n) is 1.44. The number of non-ortho nitro benzene ring substituents is 1. The largest absolute Gasteiger partial charge is 0.293 e. The van der Waals surface area contributed by atoms with Crippen molar-refractivity contribution in [1.29, 1.82) is 0 Å². The Hall–Kier alpha value is -1.86. The van der Waals surface area contributed by atoms with Gasteiger partial charge in [0.2, 0.25) is 0 Å². The van der Waals surface area contributed by atoms with Gasteiger partial charge in [-0.25, -0.2) is 0 Å². The number of nitrogens with zero attached hydrogens (tertiary/aromatic N) is 1. The lowest BCUT2D eigenvalue weighted by atomic mass is 10.1. The van der Waals surface area contributed by atoms with E-state index in [1.165, 1.54) is 35.6 Å². The Kier molecular flexibility index (Phi) is 4.18. The zero-order valence-electron chi connectivity index (χ0n) is 9.65. The first kappa shape index (κ1) is 13.6. The summed E-state index contributed by atoms with van der Waals surface area (Å²) in [5, 5.41) is 12.3. The second kappa shape index (κ2) is 5.85. The Morgan fingerprint density at radius 1 is 1.26 bits per heavy atom. The summed E-state index contributed by atoms with van der Waals surface area (Å²) in [5.41, 5.74) is 0.256. The molecule has 0 fully saturated rings. The van der Waals surface area contributed by atoms with Gasteiger partial charge in [-0.15, -0.1) is 11.3 Å². The first-order valence-electron chi connectivity index (χ1n) is 5.27. The van der Waals surface area contributed by atoms with Crippen LogP contribution in [0.15, 0.2) is 46.0 Å². The van der Waals surface area contributed by atoms with Crippen LogP contribution < -0.4 is 0 Å². The van der Waals surface area contributed by atoms with Gasteiger partial charge in [0.15, 0.2) is 5.78 Å². The highest BCUT2D eigenvalue weighted by Gasteiger charge is 2.14. The van der Waals surface area contributed by atoms with Crippen LogP contribution in [0.1, 0.15) is 10.4 Å². The third-order valence-corrected chi connectivity index (χ3v) is 5.00. The summed E-state index contributed by atoms with van der Waals surface area (Å²) in [6, 6.07) is 8.78. The number of nitro groups is 1. The molecule has 0 saturated heterocycles. The number of Topliss-reactive ketones (excluding diaryl/α,β-unsaturated/α-hetero) is 1. The van der Waals surface area contributed by atoms with E-state index in [1.807, 2.05) is 0 Å².